The fraction of sp³-hybridized carbons (Fsp3) is 0.500. The molecule has 0 spiro atoms. The molecule has 0 aromatic carbocycles. The number of nitrogens with zero attached hydrogens (tertiary/aromatic N) is 3. The van der Waals surface area contributed by atoms with Crippen molar-refractivity contribution in [3.05, 3.63) is 48.8 Å². The van der Waals surface area contributed by atoms with E-state index in [1.165, 1.54) is 28.8 Å². The lowest BCUT2D eigenvalue weighted by Gasteiger charge is -2.28. The highest BCUT2D eigenvalue weighted by Crippen LogP contribution is 2.24. The first-order chi connectivity index (χ1) is 16.6. The summed E-state index contributed by atoms with van der Waals surface area (Å²) in [4.78, 5) is 19.4. The van der Waals surface area contributed by atoms with E-state index in [2.05, 4.69) is 15.3 Å². The average Bonchev–Trinajstić information content (AvgIpc) is 2.93. The summed E-state index contributed by atoms with van der Waals surface area (Å²) in [6.07, 6.45) is 2.04. The summed E-state index contributed by atoms with van der Waals surface area (Å²) in [5, 5.41) is 13.0. The van der Waals surface area contributed by atoms with Gasteiger partial charge in [0.15, 0.2) is 10.1 Å². The van der Waals surface area contributed by atoms with Gasteiger partial charge in [-0.15, -0.1) is 0 Å². The van der Waals surface area contributed by atoms with E-state index >= 15 is 0 Å². The third kappa shape index (κ3) is 8.96. The van der Waals surface area contributed by atoms with E-state index in [1.807, 2.05) is 0 Å². The zero-order valence-electron chi connectivity index (χ0n) is 20.4. The maximum atomic E-state index is 12.9. The second-order valence-corrected chi connectivity index (χ2v) is 13.4. The minimum Gasteiger partial charge on any atom is -0.444 e. The number of ether oxygens (including phenoxy) is 1. The Bertz CT molecular complexity index is 1210. The van der Waals surface area contributed by atoms with E-state index in [9.17, 15) is 26.7 Å². The third-order valence-corrected chi connectivity index (χ3v) is 8.13. The van der Waals surface area contributed by atoms with Crippen LogP contribution in [-0.2, 0) is 23.8 Å². The summed E-state index contributed by atoms with van der Waals surface area (Å²) in [6.45, 7) is 6.90. The van der Waals surface area contributed by atoms with Crippen LogP contribution in [0.5, 0.6) is 0 Å². The van der Waals surface area contributed by atoms with Gasteiger partial charge >= 0.3 is 6.09 Å². The smallest absolute Gasteiger partial charge is 0.407 e. The number of sulfonamides is 1. The van der Waals surface area contributed by atoms with Gasteiger partial charge in [-0.05, 0) is 64.8 Å². The number of aliphatic hydroxyl groups excluding tert-OH is 1. The summed E-state index contributed by atoms with van der Waals surface area (Å²) in [7, 11) is -2.50. The first-order valence-corrected chi connectivity index (χ1v) is 14.8. The molecular weight excluding hydrogens is 532 g/mol. The summed E-state index contributed by atoms with van der Waals surface area (Å²) in [5.74, 6) is 0. The van der Waals surface area contributed by atoms with Crippen LogP contribution < -0.4 is 5.32 Å². The lowest BCUT2D eigenvalue weighted by Crippen LogP contribution is -2.49. The maximum absolute atomic E-state index is 12.9. The van der Waals surface area contributed by atoms with E-state index in [0.29, 0.717) is 12.8 Å². The number of hydrogen-bond acceptors (Lipinski definition) is 9. The van der Waals surface area contributed by atoms with Crippen molar-refractivity contribution < 1.29 is 31.5 Å². The normalized spacial score (nSPS) is 21.4. The number of hydrogen-bond donors (Lipinski definition) is 2. The minimum absolute atomic E-state index is 0.0578. The molecule has 2 N–H and O–H groups in total. The number of β-amino-alcohol motifs (C(OH)–C–C–N with tert-alkyl or cyclic N) is 1. The standard InChI is InChI=1S/C17H27N3O5S.C5H4ClNO2S/c1-12-8-9-13(19-16(22)25-17(2,3)4)14(21)11-20(12)26(23,24)15-7-5-6-10-18-15;6-10(8,9)5-3-1-2-4-7-5/h5-7,10,12-14,21H,8-9,11H2,1-4H3,(H,19,22);1-4H/t12-,13-,14-;/m1./s1. The summed E-state index contributed by atoms with van der Waals surface area (Å²) in [6, 6.07) is 8.26. The topological polar surface area (TPSA) is 156 Å². The van der Waals surface area contributed by atoms with Gasteiger partial charge in [-0.3, -0.25) is 0 Å². The molecule has 11 nitrogen and oxygen atoms in total. The van der Waals surface area contributed by atoms with Crippen LogP contribution in [0.2, 0.25) is 0 Å². The van der Waals surface area contributed by atoms with Gasteiger partial charge in [-0.1, -0.05) is 12.1 Å². The second kappa shape index (κ2) is 12.3. The van der Waals surface area contributed by atoms with E-state index in [0.717, 1.165) is 0 Å². The molecule has 0 aliphatic carbocycles. The summed E-state index contributed by atoms with van der Waals surface area (Å²) in [5.41, 5.74) is -0.651. The Kier molecular flexibility index (Phi) is 10.2. The third-order valence-electron chi connectivity index (χ3n) is 5.02. The van der Waals surface area contributed by atoms with Crippen molar-refractivity contribution in [2.75, 3.05) is 6.54 Å². The number of pyridine rings is 2. The van der Waals surface area contributed by atoms with Crippen LogP contribution in [0.25, 0.3) is 0 Å². The molecule has 2 aromatic rings. The van der Waals surface area contributed by atoms with Crippen LogP contribution in [0, 0.1) is 0 Å². The number of nitrogens with one attached hydrogen (secondary N) is 1. The first-order valence-electron chi connectivity index (χ1n) is 11.1. The highest BCUT2D eigenvalue weighted by atomic mass is 35.7. The van der Waals surface area contributed by atoms with E-state index in [-0.39, 0.29) is 22.6 Å². The lowest BCUT2D eigenvalue weighted by atomic mass is 10.1. The SMILES string of the molecule is C[C@@H]1CC[C@@H](NC(=O)OC(C)(C)C)[C@H](O)CN1S(=O)(=O)c1ccccn1.O=S(=O)(Cl)c1ccccn1. The number of amides is 1. The molecule has 0 bridgehead atoms. The Hall–Kier alpha value is -2.32. The molecule has 3 atom stereocenters. The van der Waals surface area contributed by atoms with Crippen molar-refractivity contribution >= 4 is 35.8 Å². The first kappa shape index (κ1) is 29.9. The number of carbonyl (C=O) groups is 1. The fourth-order valence-electron chi connectivity index (χ4n) is 3.32. The zero-order chi connectivity index (χ0) is 27.1. The number of carbonyl (C=O) groups excluding carboxylic acids is 1. The van der Waals surface area contributed by atoms with Gasteiger partial charge in [0.2, 0.25) is 0 Å². The minimum atomic E-state index is -3.83. The van der Waals surface area contributed by atoms with E-state index in [1.54, 1.807) is 52.0 Å². The molecule has 3 heterocycles. The molecule has 1 amide bonds. The molecule has 0 radical (unpaired) electrons. The number of aliphatic hydroxyl groups is 1. The molecule has 14 heteroatoms. The predicted molar refractivity (Wildman–Crippen MR) is 133 cm³/mol. The van der Waals surface area contributed by atoms with Gasteiger partial charge in [0.05, 0.1) is 12.1 Å². The van der Waals surface area contributed by atoms with Crippen LogP contribution in [-0.4, -0.2) is 72.6 Å². The van der Waals surface area contributed by atoms with Crippen molar-refractivity contribution in [2.24, 2.45) is 0 Å². The van der Waals surface area contributed by atoms with Gasteiger partial charge in [-0.25, -0.2) is 31.6 Å². The summed E-state index contributed by atoms with van der Waals surface area (Å²) >= 11 is 0. The number of rotatable bonds is 4. The van der Waals surface area contributed by atoms with Crippen molar-refractivity contribution in [2.45, 2.75) is 74.4 Å². The highest BCUT2D eigenvalue weighted by molar-refractivity contribution is 8.13. The van der Waals surface area contributed by atoms with Crippen LogP contribution in [0.4, 0.5) is 4.79 Å². The quantitative estimate of drug-likeness (QED) is 0.534. The second-order valence-electron chi connectivity index (χ2n) is 9.09. The summed E-state index contributed by atoms with van der Waals surface area (Å²) < 4.78 is 53.2. The average molecular weight is 563 g/mol. The molecule has 1 aliphatic heterocycles. The van der Waals surface area contributed by atoms with Crippen molar-refractivity contribution in [3.8, 4) is 0 Å². The molecular formula is C22H31ClN4O7S2. The van der Waals surface area contributed by atoms with Gasteiger partial charge in [-0.2, -0.15) is 4.31 Å². The molecule has 1 aliphatic rings. The zero-order valence-corrected chi connectivity index (χ0v) is 22.8. The molecule has 36 heavy (non-hydrogen) atoms. The van der Waals surface area contributed by atoms with Gasteiger partial charge in [0.25, 0.3) is 19.1 Å². The van der Waals surface area contributed by atoms with Crippen LogP contribution in [0.1, 0.15) is 40.5 Å². The molecule has 0 saturated carbocycles. The van der Waals surface area contributed by atoms with Crippen molar-refractivity contribution in [3.63, 3.8) is 0 Å². The number of alkyl carbamates (subject to hydrolysis) is 1. The Balaban J connectivity index is 0.000000380. The van der Waals surface area contributed by atoms with E-state index in [4.69, 9.17) is 15.4 Å². The maximum Gasteiger partial charge on any atom is 0.407 e. The Morgan fingerprint density at radius 3 is 2.06 bits per heavy atom. The van der Waals surface area contributed by atoms with Crippen LogP contribution in [0.3, 0.4) is 0 Å². The molecule has 0 unspecified atom stereocenters. The van der Waals surface area contributed by atoms with Crippen molar-refractivity contribution in [1.82, 2.24) is 19.6 Å². The molecule has 1 fully saturated rings. The van der Waals surface area contributed by atoms with Crippen molar-refractivity contribution in [1.29, 1.82) is 0 Å². The van der Waals surface area contributed by atoms with Crippen LogP contribution in [0.15, 0.2) is 58.8 Å². The predicted octanol–water partition coefficient (Wildman–Crippen LogP) is 2.52. The van der Waals surface area contributed by atoms with Gasteiger partial charge in [0, 0.05) is 35.7 Å². The molecule has 2 aromatic heterocycles. The van der Waals surface area contributed by atoms with Crippen LogP contribution >= 0.6 is 10.7 Å². The fourth-order valence-corrected chi connectivity index (χ4v) is 5.64. The van der Waals surface area contributed by atoms with E-state index < -0.39 is 42.9 Å². The Labute approximate surface area is 216 Å². The van der Waals surface area contributed by atoms with Gasteiger partial charge < -0.3 is 15.2 Å². The number of aromatic nitrogens is 2. The van der Waals surface area contributed by atoms with Gasteiger partial charge in [0.1, 0.15) is 5.60 Å². The monoisotopic (exact) mass is 562 g/mol. The number of halogens is 1. The molecule has 1 saturated heterocycles. The molecule has 200 valence electrons. The Morgan fingerprint density at radius 1 is 1.06 bits per heavy atom. The lowest BCUT2D eigenvalue weighted by molar-refractivity contribution is 0.0414. The largest absolute Gasteiger partial charge is 0.444 e. The molecule has 3 rings (SSSR count). The Morgan fingerprint density at radius 2 is 1.61 bits per heavy atom. The highest BCUT2D eigenvalue weighted by Gasteiger charge is 2.38.